The number of thiazole rings is 1. The van der Waals surface area contributed by atoms with Crippen LogP contribution >= 0.6 is 11.3 Å². The Hall–Kier alpha value is -2.24. The molecule has 3 rings (SSSR count). The van der Waals surface area contributed by atoms with Crippen molar-refractivity contribution in [2.45, 2.75) is 6.54 Å². The third kappa shape index (κ3) is 2.53. The first kappa shape index (κ1) is 13.7. The molecule has 1 aromatic heterocycles. The first-order valence-electron chi connectivity index (χ1n) is 6.50. The zero-order valence-electron chi connectivity index (χ0n) is 11.5. The number of hydrogen-bond donors (Lipinski definition) is 1. The van der Waals surface area contributed by atoms with Crippen molar-refractivity contribution in [3.63, 3.8) is 0 Å². The topological polar surface area (TPSA) is 65.2 Å². The largest absolute Gasteiger partial charge is 0.465 e. The standard InChI is InChI=1S/C16H14N2O2S/c1-20-16(19)12-5-3-2-4-11(12)15-18-13-8-10(9-17)6-7-14(13)21-15/h2-8H,9,17H2,1H3. The average Bonchev–Trinajstić information content (AvgIpc) is 2.96. The third-order valence-corrected chi connectivity index (χ3v) is 4.32. The Morgan fingerprint density at radius 2 is 2.10 bits per heavy atom. The van der Waals surface area contributed by atoms with E-state index in [2.05, 4.69) is 4.98 Å². The minimum absolute atomic E-state index is 0.354. The lowest BCUT2D eigenvalue weighted by molar-refractivity contribution is 0.0601. The predicted molar refractivity (Wildman–Crippen MR) is 84.3 cm³/mol. The van der Waals surface area contributed by atoms with Gasteiger partial charge in [0.2, 0.25) is 0 Å². The highest BCUT2D eigenvalue weighted by Gasteiger charge is 2.15. The average molecular weight is 298 g/mol. The van der Waals surface area contributed by atoms with E-state index in [1.807, 2.05) is 36.4 Å². The molecule has 0 unspecified atom stereocenters. The van der Waals surface area contributed by atoms with Crippen molar-refractivity contribution in [1.82, 2.24) is 4.98 Å². The molecule has 0 amide bonds. The van der Waals surface area contributed by atoms with Gasteiger partial charge in [-0.15, -0.1) is 11.3 Å². The number of nitrogens with zero attached hydrogens (tertiary/aromatic N) is 1. The second kappa shape index (κ2) is 5.63. The Morgan fingerprint density at radius 1 is 1.29 bits per heavy atom. The molecule has 4 nitrogen and oxygen atoms in total. The first-order chi connectivity index (χ1) is 10.2. The number of hydrogen-bond acceptors (Lipinski definition) is 5. The van der Waals surface area contributed by atoms with Crippen molar-refractivity contribution in [1.29, 1.82) is 0 Å². The first-order valence-corrected chi connectivity index (χ1v) is 7.32. The summed E-state index contributed by atoms with van der Waals surface area (Å²) in [5, 5.41) is 0.806. The summed E-state index contributed by atoms with van der Waals surface area (Å²) < 4.78 is 5.90. The summed E-state index contributed by atoms with van der Waals surface area (Å²) >= 11 is 1.55. The quantitative estimate of drug-likeness (QED) is 0.754. The van der Waals surface area contributed by atoms with Crippen LogP contribution in [0.4, 0.5) is 0 Å². The number of carbonyl (C=O) groups excluding carboxylic acids is 1. The second-order valence-corrected chi connectivity index (χ2v) is 5.59. The van der Waals surface area contributed by atoms with Crippen LogP contribution in [-0.2, 0) is 11.3 Å². The van der Waals surface area contributed by atoms with E-state index in [4.69, 9.17) is 10.5 Å². The van der Waals surface area contributed by atoms with Gasteiger partial charge < -0.3 is 10.5 Å². The summed E-state index contributed by atoms with van der Waals surface area (Å²) in [5.74, 6) is -0.354. The van der Waals surface area contributed by atoms with Crippen LogP contribution < -0.4 is 5.73 Å². The van der Waals surface area contributed by atoms with Crippen LogP contribution in [0.15, 0.2) is 42.5 Å². The maximum Gasteiger partial charge on any atom is 0.338 e. The molecule has 5 heteroatoms. The fraction of sp³-hybridized carbons (Fsp3) is 0.125. The van der Waals surface area contributed by atoms with E-state index in [-0.39, 0.29) is 5.97 Å². The van der Waals surface area contributed by atoms with Gasteiger partial charge in [-0.25, -0.2) is 9.78 Å². The third-order valence-electron chi connectivity index (χ3n) is 3.25. The molecule has 21 heavy (non-hydrogen) atoms. The van der Waals surface area contributed by atoms with Gasteiger partial charge in [-0.3, -0.25) is 0 Å². The second-order valence-electron chi connectivity index (χ2n) is 4.56. The molecule has 0 atom stereocenters. The Bertz CT molecular complexity index is 811. The van der Waals surface area contributed by atoms with E-state index in [0.29, 0.717) is 12.1 Å². The van der Waals surface area contributed by atoms with Crippen LogP contribution in [0, 0.1) is 0 Å². The molecule has 0 aliphatic carbocycles. The molecule has 0 saturated carbocycles. The van der Waals surface area contributed by atoms with Crippen molar-refractivity contribution in [3.8, 4) is 10.6 Å². The SMILES string of the molecule is COC(=O)c1ccccc1-c1nc2cc(CN)ccc2s1. The van der Waals surface area contributed by atoms with Crippen molar-refractivity contribution in [3.05, 3.63) is 53.6 Å². The lowest BCUT2D eigenvalue weighted by Crippen LogP contribution is -2.03. The van der Waals surface area contributed by atoms with Crippen molar-refractivity contribution < 1.29 is 9.53 Å². The van der Waals surface area contributed by atoms with Crippen LogP contribution in [0.1, 0.15) is 15.9 Å². The molecule has 0 aliphatic rings. The number of rotatable bonds is 3. The molecule has 1 heterocycles. The summed E-state index contributed by atoms with van der Waals surface area (Å²) in [7, 11) is 1.38. The van der Waals surface area contributed by atoms with Gasteiger partial charge in [-0.05, 0) is 23.8 Å². The molecule has 0 aliphatic heterocycles. The minimum Gasteiger partial charge on any atom is -0.465 e. The minimum atomic E-state index is -0.354. The van der Waals surface area contributed by atoms with E-state index in [9.17, 15) is 4.79 Å². The number of fused-ring (bicyclic) bond motifs is 1. The lowest BCUT2D eigenvalue weighted by Gasteiger charge is -2.04. The molecular formula is C16H14N2O2S. The normalized spacial score (nSPS) is 10.8. The summed E-state index contributed by atoms with van der Waals surface area (Å²) in [4.78, 5) is 16.5. The van der Waals surface area contributed by atoms with Crippen LogP contribution in [0.25, 0.3) is 20.8 Å². The number of benzene rings is 2. The van der Waals surface area contributed by atoms with Gasteiger partial charge in [-0.1, -0.05) is 24.3 Å². The highest BCUT2D eigenvalue weighted by Crippen LogP contribution is 2.32. The monoisotopic (exact) mass is 298 g/mol. The number of nitrogens with two attached hydrogens (primary N) is 1. The van der Waals surface area contributed by atoms with Gasteiger partial charge in [0.15, 0.2) is 0 Å². The molecule has 0 radical (unpaired) electrons. The van der Waals surface area contributed by atoms with Crippen molar-refractivity contribution in [2.24, 2.45) is 5.73 Å². The summed E-state index contributed by atoms with van der Waals surface area (Å²) in [6.45, 7) is 0.488. The van der Waals surface area contributed by atoms with Crippen LogP contribution in [-0.4, -0.2) is 18.1 Å². The number of esters is 1. The van der Waals surface area contributed by atoms with E-state index in [1.54, 1.807) is 17.4 Å². The molecule has 2 N–H and O–H groups in total. The summed E-state index contributed by atoms with van der Waals surface area (Å²) in [6, 6.07) is 13.3. The Balaban J connectivity index is 2.14. The van der Waals surface area contributed by atoms with Gasteiger partial charge in [0.05, 0.1) is 22.9 Å². The van der Waals surface area contributed by atoms with Crippen LogP contribution in [0.5, 0.6) is 0 Å². The number of ether oxygens (including phenoxy) is 1. The van der Waals surface area contributed by atoms with E-state index < -0.39 is 0 Å². The smallest absolute Gasteiger partial charge is 0.338 e. The van der Waals surface area contributed by atoms with Crippen molar-refractivity contribution >= 4 is 27.5 Å². The van der Waals surface area contributed by atoms with E-state index in [1.165, 1.54) is 7.11 Å². The Labute approximate surface area is 126 Å². The molecule has 106 valence electrons. The molecule has 0 fully saturated rings. The zero-order chi connectivity index (χ0) is 14.8. The summed E-state index contributed by atoms with van der Waals surface area (Å²) in [5.41, 5.74) is 8.92. The van der Waals surface area contributed by atoms with Gasteiger partial charge in [0.25, 0.3) is 0 Å². The van der Waals surface area contributed by atoms with E-state index in [0.717, 1.165) is 26.4 Å². The lowest BCUT2D eigenvalue weighted by atomic mass is 10.1. The molecule has 2 aromatic carbocycles. The van der Waals surface area contributed by atoms with Gasteiger partial charge in [0.1, 0.15) is 5.01 Å². The zero-order valence-corrected chi connectivity index (χ0v) is 12.3. The van der Waals surface area contributed by atoms with Gasteiger partial charge >= 0.3 is 5.97 Å². The Morgan fingerprint density at radius 3 is 2.86 bits per heavy atom. The Kier molecular flexibility index (Phi) is 3.68. The fourth-order valence-corrected chi connectivity index (χ4v) is 3.16. The molecular weight excluding hydrogens is 284 g/mol. The number of carbonyl (C=O) groups is 1. The summed E-state index contributed by atoms with van der Waals surface area (Å²) in [6.07, 6.45) is 0. The number of aromatic nitrogens is 1. The number of methoxy groups -OCH3 is 1. The molecule has 0 saturated heterocycles. The maximum absolute atomic E-state index is 11.9. The van der Waals surface area contributed by atoms with Gasteiger partial charge in [0, 0.05) is 12.1 Å². The van der Waals surface area contributed by atoms with E-state index >= 15 is 0 Å². The van der Waals surface area contributed by atoms with Crippen molar-refractivity contribution in [2.75, 3.05) is 7.11 Å². The molecule has 0 bridgehead atoms. The van der Waals surface area contributed by atoms with Crippen LogP contribution in [0.3, 0.4) is 0 Å². The molecule has 3 aromatic rings. The predicted octanol–water partition coefficient (Wildman–Crippen LogP) is 3.21. The maximum atomic E-state index is 11.9. The highest BCUT2D eigenvalue weighted by molar-refractivity contribution is 7.21. The van der Waals surface area contributed by atoms with Gasteiger partial charge in [-0.2, -0.15) is 0 Å². The highest BCUT2D eigenvalue weighted by atomic mass is 32.1. The molecule has 0 spiro atoms. The fourth-order valence-electron chi connectivity index (χ4n) is 2.17. The van der Waals surface area contributed by atoms with Crippen LogP contribution in [0.2, 0.25) is 0 Å².